The maximum Gasteiger partial charge on any atom is 0.407 e. The van der Waals surface area contributed by atoms with Gasteiger partial charge in [0.25, 0.3) is 5.56 Å². The molecule has 0 radical (unpaired) electrons. The van der Waals surface area contributed by atoms with Crippen molar-refractivity contribution in [3.63, 3.8) is 0 Å². The summed E-state index contributed by atoms with van der Waals surface area (Å²) in [6.45, 7) is -0.330. The third-order valence-corrected chi connectivity index (χ3v) is 7.22. The maximum absolute atomic E-state index is 14.3. The van der Waals surface area contributed by atoms with Crippen molar-refractivity contribution in [3.8, 4) is 5.75 Å². The van der Waals surface area contributed by atoms with E-state index in [1.807, 2.05) is 0 Å². The van der Waals surface area contributed by atoms with E-state index in [0.29, 0.717) is 9.71 Å². The maximum atomic E-state index is 14.3. The minimum Gasteiger partial charge on any atom is -0.487 e. The first-order valence-electron chi connectivity index (χ1n) is 13.0. The molecule has 2 aromatic heterocycles. The van der Waals surface area contributed by atoms with Crippen LogP contribution in [0.3, 0.4) is 0 Å². The van der Waals surface area contributed by atoms with Gasteiger partial charge in [-0.15, -0.1) is 11.3 Å². The molecule has 4 N–H and O–H groups in total. The number of hydrogen-bond donors (Lipinski definition) is 3. The van der Waals surface area contributed by atoms with Gasteiger partial charge in [-0.05, 0) is 43.2 Å². The summed E-state index contributed by atoms with van der Waals surface area (Å²) in [6, 6.07) is 7.15. The Balaban J connectivity index is 1.51. The number of hydrogen-bond acceptors (Lipinski definition) is 8. The van der Waals surface area contributed by atoms with Crippen molar-refractivity contribution in [2.24, 2.45) is 5.73 Å². The van der Waals surface area contributed by atoms with Crippen molar-refractivity contribution in [1.29, 1.82) is 0 Å². The lowest BCUT2D eigenvalue weighted by atomic mass is 10.1. The molecule has 0 aliphatic heterocycles. The highest BCUT2D eigenvalue weighted by Crippen LogP contribution is 2.33. The molecule has 0 saturated carbocycles. The fourth-order valence-electron chi connectivity index (χ4n) is 4.04. The van der Waals surface area contributed by atoms with Crippen LogP contribution in [0.15, 0.2) is 65.6 Å². The predicted molar refractivity (Wildman–Crippen MR) is 156 cm³/mol. The number of methoxy groups -OCH3 is 1. The molecule has 15 heteroatoms. The minimum atomic E-state index is -1.10. The van der Waals surface area contributed by atoms with E-state index < -0.39 is 47.0 Å². The number of ether oxygens (including phenoxy) is 2. The number of halogens is 3. The highest BCUT2D eigenvalue weighted by Gasteiger charge is 2.22. The van der Waals surface area contributed by atoms with Crippen LogP contribution in [0.25, 0.3) is 10.2 Å². The monoisotopic (exact) mass is 629 g/mol. The van der Waals surface area contributed by atoms with Gasteiger partial charge in [0.2, 0.25) is 11.8 Å². The van der Waals surface area contributed by atoms with Crippen molar-refractivity contribution in [2.45, 2.75) is 32.0 Å². The van der Waals surface area contributed by atoms with Crippen molar-refractivity contribution < 1.29 is 37.0 Å². The van der Waals surface area contributed by atoms with Crippen LogP contribution in [0.1, 0.15) is 23.4 Å². The van der Waals surface area contributed by atoms with Crippen molar-refractivity contribution >= 4 is 45.1 Å². The number of thiazole rings is 1. The van der Waals surface area contributed by atoms with Gasteiger partial charge in [0.1, 0.15) is 46.5 Å². The quantitative estimate of drug-likeness (QED) is 0.200. The third-order valence-electron chi connectivity index (χ3n) is 6.15. The second kappa shape index (κ2) is 14.3. The molecule has 0 aliphatic rings. The number of primary amides is 1. The molecule has 0 fully saturated rings. The van der Waals surface area contributed by atoms with Crippen LogP contribution in [0, 0.1) is 17.5 Å². The number of allylic oxidation sites excluding steroid dienone is 1. The van der Waals surface area contributed by atoms with Gasteiger partial charge in [0.05, 0.1) is 23.9 Å². The van der Waals surface area contributed by atoms with Crippen molar-refractivity contribution in [2.75, 3.05) is 12.4 Å². The normalized spacial score (nSPS) is 11.8. The van der Waals surface area contributed by atoms with E-state index in [2.05, 4.69) is 20.4 Å². The van der Waals surface area contributed by atoms with Crippen LogP contribution in [0.4, 0.5) is 23.7 Å². The molecule has 230 valence electrons. The van der Waals surface area contributed by atoms with Crippen LogP contribution in [-0.4, -0.2) is 40.6 Å². The number of pyridine rings is 1. The van der Waals surface area contributed by atoms with Gasteiger partial charge in [-0.2, -0.15) is 0 Å². The Bertz CT molecular complexity index is 1790. The fourth-order valence-corrected chi connectivity index (χ4v) is 5.05. The van der Waals surface area contributed by atoms with Gasteiger partial charge in [-0.25, -0.2) is 22.9 Å². The number of carbonyl (C=O) groups excluding carboxylic acids is 3. The van der Waals surface area contributed by atoms with Gasteiger partial charge in [-0.3, -0.25) is 14.4 Å². The Labute approximate surface area is 252 Å². The standard InChI is InChI=1S/C29H26F3N5O6S/c1-42-29(41)36-20(5-2-3-7-24(33)38)27(39)35-21-6-4-10-37(28(21)40)14-25-34-22-12-18(31)13-23(26(22)44-25)43-15-16-8-9-17(30)11-19(16)32/h3-4,6-13,20H,2,5,14-15H2,1H3,(H2,33,38)(H,35,39)(H,36,41)/b7-3+/t20-/m0/s1. The summed E-state index contributed by atoms with van der Waals surface area (Å²) in [5, 5.41) is 5.28. The van der Waals surface area contributed by atoms with Crippen LogP contribution >= 0.6 is 11.3 Å². The molecule has 0 aliphatic carbocycles. The molecular formula is C29H26F3N5O6S. The zero-order valence-electron chi connectivity index (χ0n) is 23.1. The lowest BCUT2D eigenvalue weighted by Crippen LogP contribution is -2.44. The first-order valence-corrected chi connectivity index (χ1v) is 13.8. The highest BCUT2D eigenvalue weighted by atomic mass is 32.1. The summed E-state index contributed by atoms with van der Waals surface area (Å²) < 4.78 is 53.5. The van der Waals surface area contributed by atoms with Crippen LogP contribution < -0.4 is 26.7 Å². The zero-order chi connectivity index (χ0) is 31.8. The molecule has 4 aromatic rings. The van der Waals surface area contributed by atoms with E-state index in [0.717, 1.165) is 42.7 Å². The predicted octanol–water partition coefficient (Wildman–Crippen LogP) is 3.99. The summed E-state index contributed by atoms with van der Waals surface area (Å²) in [5.41, 5.74) is 4.71. The molecule has 0 saturated heterocycles. The molecule has 0 bridgehead atoms. The Kier molecular flexibility index (Phi) is 10.3. The number of alkyl carbamates (subject to hydrolysis) is 1. The fraction of sp³-hybridized carbons (Fsp3) is 0.207. The molecule has 11 nitrogen and oxygen atoms in total. The molecule has 3 amide bonds. The van der Waals surface area contributed by atoms with Crippen molar-refractivity contribution in [1.82, 2.24) is 14.9 Å². The van der Waals surface area contributed by atoms with Gasteiger partial charge in [0.15, 0.2) is 0 Å². The lowest BCUT2D eigenvalue weighted by molar-refractivity contribution is -0.118. The molecule has 2 heterocycles. The van der Waals surface area contributed by atoms with E-state index in [9.17, 15) is 32.3 Å². The summed E-state index contributed by atoms with van der Waals surface area (Å²) >= 11 is 1.12. The van der Waals surface area contributed by atoms with Crippen molar-refractivity contribution in [3.05, 3.63) is 99.2 Å². The van der Waals surface area contributed by atoms with Gasteiger partial charge < -0.3 is 30.4 Å². The second-order valence-electron chi connectivity index (χ2n) is 9.30. The van der Waals surface area contributed by atoms with Gasteiger partial charge >= 0.3 is 6.09 Å². The third kappa shape index (κ3) is 8.22. The topological polar surface area (TPSA) is 155 Å². The number of aromatic nitrogens is 2. The number of carbonyl (C=O) groups is 3. The molecule has 2 aromatic carbocycles. The Hall–Kier alpha value is -5.18. The number of fused-ring (bicyclic) bond motifs is 1. The molecule has 4 rings (SSSR count). The number of anilines is 1. The Morgan fingerprint density at radius 1 is 1.14 bits per heavy atom. The van der Waals surface area contributed by atoms with Crippen LogP contribution in [0.5, 0.6) is 5.75 Å². The molecular weight excluding hydrogens is 603 g/mol. The molecule has 0 spiro atoms. The first-order chi connectivity index (χ1) is 21.0. The summed E-state index contributed by atoms with van der Waals surface area (Å²) in [5.74, 6) is -3.47. The SMILES string of the molecule is COC(=O)N[C@@H](CC/C=C/C(N)=O)C(=O)Nc1cccn(Cc2nc3cc(F)cc(OCc4ccc(F)cc4F)c3s2)c1=O. The average molecular weight is 630 g/mol. The summed E-state index contributed by atoms with van der Waals surface area (Å²) in [4.78, 5) is 53.2. The smallest absolute Gasteiger partial charge is 0.407 e. The number of rotatable bonds is 12. The van der Waals surface area contributed by atoms with E-state index in [4.69, 9.17) is 10.5 Å². The number of amides is 3. The van der Waals surface area contributed by atoms with E-state index >= 15 is 0 Å². The van der Waals surface area contributed by atoms with Crippen LogP contribution in [-0.2, 0) is 27.5 Å². The van der Waals surface area contributed by atoms with Crippen LogP contribution in [0.2, 0.25) is 0 Å². The number of benzene rings is 2. The number of nitrogens with two attached hydrogens (primary N) is 1. The zero-order valence-corrected chi connectivity index (χ0v) is 24.0. The second-order valence-corrected chi connectivity index (χ2v) is 10.4. The highest BCUT2D eigenvalue weighted by molar-refractivity contribution is 7.19. The number of nitrogens with zero attached hydrogens (tertiary/aromatic N) is 2. The molecule has 0 unspecified atom stereocenters. The molecule has 1 atom stereocenters. The summed E-state index contributed by atoms with van der Waals surface area (Å²) in [7, 11) is 1.13. The van der Waals surface area contributed by atoms with E-state index in [1.54, 1.807) is 0 Å². The molecule has 44 heavy (non-hydrogen) atoms. The number of nitrogens with one attached hydrogen (secondary N) is 2. The van der Waals surface area contributed by atoms with Gasteiger partial charge in [-0.1, -0.05) is 6.08 Å². The van der Waals surface area contributed by atoms with E-state index in [-0.39, 0.29) is 48.5 Å². The summed E-state index contributed by atoms with van der Waals surface area (Å²) in [6.07, 6.45) is 3.46. The average Bonchev–Trinajstić information content (AvgIpc) is 3.38. The van der Waals surface area contributed by atoms with Gasteiger partial charge in [0, 0.05) is 30.0 Å². The largest absolute Gasteiger partial charge is 0.487 e. The van der Waals surface area contributed by atoms with E-state index in [1.165, 1.54) is 41.1 Å². The lowest BCUT2D eigenvalue weighted by Gasteiger charge is -2.17. The Morgan fingerprint density at radius 2 is 1.93 bits per heavy atom. The minimum absolute atomic E-state index is 0.0444. The Morgan fingerprint density at radius 3 is 2.66 bits per heavy atom. The first kappa shape index (κ1) is 31.7.